The van der Waals surface area contributed by atoms with Crippen molar-refractivity contribution in [1.82, 2.24) is 0 Å². The Morgan fingerprint density at radius 3 is 2.56 bits per heavy atom. The molecular weight excluding hydrogens is 261 g/mol. The first-order chi connectivity index (χ1) is 8.23. The van der Waals surface area contributed by atoms with Gasteiger partial charge in [-0.25, -0.2) is 9.18 Å². The molecule has 0 bridgehead atoms. The lowest BCUT2D eigenvalue weighted by atomic mass is 10.2. The zero-order chi connectivity index (χ0) is 13.9. The van der Waals surface area contributed by atoms with Crippen molar-refractivity contribution in [2.75, 3.05) is 5.32 Å². The maximum Gasteiger partial charge on any atom is 0.412 e. The molecule has 1 aromatic carbocycles. The van der Waals surface area contributed by atoms with E-state index in [4.69, 9.17) is 21.4 Å². The van der Waals surface area contributed by atoms with E-state index in [9.17, 15) is 9.18 Å². The molecule has 0 heterocycles. The summed E-state index contributed by atoms with van der Waals surface area (Å²) in [5, 5.41) is 11.1. The van der Waals surface area contributed by atoms with E-state index in [1.165, 1.54) is 6.07 Å². The van der Waals surface area contributed by atoms with Crippen LogP contribution in [0, 0.1) is 5.82 Å². The van der Waals surface area contributed by atoms with Gasteiger partial charge < -0.3 is 9.84 Å². The normalized spacial score (nSPS) is 11.2. The van der Waals surface area contributed by atoms with Gasteiger partial charge in [-0.05, 0) is 38.5 Å². The average Bonchev–Trinajstić information content (AvgIpc) is 2.20. The molecule has 0 spiro atoms. The molecule has 0 saturated carbocycles. The van der Waals surface area contributed by atoms with E-state index in [1.807, 2.05) is 0 Å². The van der Waals surface area contributed by atoms with E-state index in [2.05, 4.69) is 5.32 Å². The molecule has 1 amide bonds. The summed E-state index contributed by atoms with van der Waals surface area (Å²) in [4.78, 5) is 11.5. The number of hydrogen-bond donors (Lipinski definition) is 2. The van der Waals surface area contributed by atoms with Crippen LogP contribution in [0.15, 0.2) is 12.1 Å². The van der Waals surface area contributed by atoms with Crippen molar-refractivity contribution in [3.05, 3.63) is 28.5 Å². The molecule has 0 aliphatic carbocycles. The van der Waals surface area contributed by atoms with Gasteiger partial charge in [0.15, 0.2) is 0 Å². The van der Waals surface area contributed by atoms with Crippen LogP contribution in [0.2, 0.25) is 5.02 Å². The van der Waals surface area contributed by atoms with Crippen molar-refractivity contribution in [1.29, 1.82) is 0 Å². The highest BCUT2D eigenvalue weighted by Gasteiger charge is 2.19. The third-order valence-corrected chi connectivity index (χ3v) is 2.21. The fourth-order valence-corrected chi connectivity index (χ4v) is 1.52. The Balaban J connectivity index is 2.88. The minimum Gasteiger partial charge on any atom is -0.444 e. The number of amides is 1. The summed E-state index contributed by atoms with van der Waals surface area (Å²) < 4.78 is 18.6. The average molecular weight is 276 g/mol. The first-order valence-electron chi connectivity index (χ1n) is 5.31. The number of ether oxygens (including phenoxy) is 1. The van der Waals surface area contributed by atoms with Crippen LogP contribution in [0.4, 0.5) is 14.9 Å². The van der Waals surface area contributed by atoms with E-state index in [-0.39, 0.29) is 17.3 Å². The number of hydrogen-bond acceptors (Lipinski definition) is 3. The van der Waals surface area contributed by atoms with E-state index in [0.717, 1.165) is 6.07 Å². The Labute approximate surface area is 110 Å². The standard InChI is InChI=1S/C12H15ClFNO3/c1-12(2,3)18-11(17)15-10-8(13)4-7(6-16)5-9(10)14/h4-5,16H,6H2,1-3H3,(H,15,17). The second-order valence-electron chi connectivity index (χ2n) is 4.72. The Morgan fingerprint density at radius 1 is 1.50 bits per heavy atom. The van der Waals surface area contributed by atoms with Gasteiger partial charge in [0.2, 0.25) is 0 Å². The molecule has 2 N–H and O–H groups in total. The predicted molar refractivity (Wildman–Crippen MR) is 67.2 cm³/mol. The van der Waals surface area contributed by atoms with Crippen LogP contribution in [0.1, 0.15) is 26.3 Å². The maximum absolute atomic E-state index is 13.6. The molecule has 0 saturated heterocycles. The van der Waals surface area contributed by atoms with Crippen molar-refractivity contribution < 1.29 is 19.0 Å². The van der Waals surface area contributed by atoms with Crippen LogP contribution >= 0.6 is 11.6 Å². The van der Waals surface area contributed by atoms with Crippen LogP contribution in [0.25, 0.3) is 0 Å². The largest absolute Gasteiger partial charge is 0.444 e. The molecule has 6 heteroatoms. The summed E-state index contributed by atoms with van der Waals surface area (Å²) in [6, 6.07) is 2.47. The third-order valence-electron chi connectivity index (χ3n) is 1.91. The molecule has 18 heavy (non-hydrogen) atoms. The highest BCUT2D eigenvalue weighted by Crippen LogP contribution is 2.27. The number of rotatable bonds is 2. The van der Waals surface area contributed by atoms with Crippen LogP contribution < -0.4 is 5.32 Å². The van der Waals surface area contributed by atoms with E-state index < -0.39 is 17.5 Å². The van der Waals surface area contributed by atoms with Crippen molar-refractivity contribution in [3.63, 3.8) is 0 Å². The maximum atomic E-state index is 13.6. The number of aliphatic hydroxyl groups excluding tert-OH is 1. The van der Waals surface area contributed by atoms with E-state index in [0.29, 0.717) is 5.56 Å². The summed E-state index contributed by atoms with van der Waals surface area (Å²) in [5.74, 6) is -0.725. The Morgan fingerprint density at radius 2 is 2.11 bits per heavy atom. The number of halogens is 2. The van der Waals surface area contributed by atoms with Gasteiger partial charge in [0.1, 0.15) is 11.4 Å². The van der Waals surface area contributed by atoms with Crippen LogP contribution in [0.5, 0.6) is 0 Å². The van der Waals surface area contributed by atoms with Gasteiger partial charge in [0.05, 0.1) is 17.3 Å². The van der Waals surface area contributed by atoms with Gasteiger partial charge in [-0.15, -0.1) is 0 Å². The van der Waals surface area contributed by atoms with Crippen LogP contribution in [-0.4, -0.2) is 16.8 Å². The molecule has 1 rings (SSSR count). The molecule has 0 radical (unpaired) electrons. The molecule has 4 nitrogen and oxygen atoms in total. The first kappa shape index (κ1) is 14.7. The highest BCUT2D eigenvalue weighted by molar-refractivity contribution is 6.33. The van der Waals surface area contributed by atoms with Gasteiger partial charge >= 0.3 is 6.09 Å². The highest BCUT2D eigenvalue weighted by atomic mass is 35.5. The minimum atomic E-state index is -0.792. The smallest absolute Gasteiger partial charge is 0.412 e. The molecular formula is C12H15ClFNO3. The van der Waals surface area contributed by atoms with Gasteiger partial charge in [0.25, 0.3) is 0 Å². The number of carbonyl (C=O) groups excluding carboxylic acids is 1. The zero-order valence-electron chi connectivity index (χ0n) is 10.4. The Hall–Kier alpha value is -1.33. The number of aliphatic hydroxyl groups is 1. The van der Waals surface area contributed by atoms with Crippen molar-refractivity contribution in [2.24, 2.45) is 0 Å². The summed E-state index contributed by atoms with van der Waals surface area (Å²) in [6.07, 6.45) is -0.792. The molecule has 0 unspecified atom stereocenters. The molecule has 0 aromatic heterocycles. The molecule has 0 aliphatic rings. The second-order valence-corrected chi connectivity index (χ2v) is 5.13. The Kier molecular flexibility index (Phi) is 4.53. The zero-order valence-corrected chi connectivity index (χ0v) is 11.1. The van der Waals surface area contributed by atoms with Crippen molar-refractivity contribution >= 4 is 23.4 Å². The topological polar surface area (TPSA) is 58.6 Å². The van der Waals surface area contributed by atoms with Crippen LogP contribution in [-0.2, 0) is 11.3 Å². The molecule has 0 atom stereocenters. The van der Waals surface area contributed by atoms with Crippen molar-refractivity contribution in [2.45, 2.75) is 33.0 Å². The summed E-state index contributed by atoms with van der Waals surface area (Å²) in [7, 11) is 0. The number of benzene rings is 1. The fraction of sp³-hybridized carbons (Fsp3) is 0.417. The van der Waals surface area contributed by atoms with Gasteiger partial charge in [-0.2, -0.15) is 0 Å². The Bertz CT molecular complexity index is 434. The summed E-state index contributed by atoms with van der Waals surface area (Å²) >= 11 is 5.81. The minimum absolute atomic E-state index is 0.00455. The monoisotopic (exact) mass is 275 g/mol. The lowest BCUT2D eigenvalue weighted by Crippen LogP contribution is -2.27. The summed E-state index contributed by atoms with van der Waals surface area (Å²) in [6.45, 7) is 4.75. The van der Waals surface area contributed by atoms with Gasteiger partial charge in [0, 0.05) is 0 Å². The lowest BCUT2D eigenvalue weighted by Gasteiger charge is -2.20. The van der Waals surface area contributed by atoms with Gasteiger partial charge in [-0.3, -0.25) is 5.32 Å². The number of nitrogens with one attached hydrogen (secondary N) is 1. The first-order valence-corrected chi connectivity index (χ1v) is 5.69. The number of anilines is 1. The third kappa shape index (κ3) is 4.16. The van der Waals surface area contributed by atoms with Gasteiger partial charge in [-0.1, -0.05) is 11.6 Å². The molecule has 0 aliphatic heterocycles. The van der Waals surface area contributed by atoms with Crippen LogP contribution in [0.3, 0.4) is 0 Å². The van der Waals surface area contributed by atoms with Crippen molar-refractivity contribution in [3.8, 4) is 0 Å². The second kappa shape index (κ2) is 5.54. The predicted octanol–water partition coefficient (Wildman–Crippen LogP) is 3.32. The SMILES string of the molecule is CC(C)(C)OC(=O)Nc1c(F)cc(CO)cc1Cl. The summed E-state index contributed by atoms with van der Waals surface area (Å²) in [5.41, 5.74) is -0.520. The quantitative estimate of drug-likeness (QED) is 0.870. The lowest BCUT2D eigenvalue weighted by molar-refractivity contribution is 0.0635. The van der Waals surface area contributed by atoms with E-state index >= 15 is 0 Å². The fourth-order valence-electron chi connectivity index (χ4n) is 1.24. The molecule has 1 aromatic rings. The van der Waals surface area contributed by atoms with E-state index in [1.54, 1.807) is 20.8 Å². The molecule has 0 fully saturated rings. The number of carbonyl (C=O) groups is 1. The molecule has 100 valence electrons.